The van der Waals surface area contributed by atoms with E-state index < -0.39 is 0 Å². The van der Waals surface area contributed by atoms with E-state index >= 15 is 0 Å². The maximum Gasteiger partial charge on any atom is 0.126 e. The van der Waals surface area contributed by atoms with Crippen molar-refractivity contribution in [2.75, 3.05) is 0 Å². The molecule has 0 saturated heterocycles. The van der Waals surface area contributed by atoms with Crippen molar-refractivity contribution >= 4 is 0 Å². The van der Waals surface area contributed by atoms with Crippen LogP contribution in [0.25, 0.3) is 11.1 Å². The maximum atomic E-state index is 13.4. The molecule has 1 aromatic heterocycles. The normalized spacial score (nSPS) is 14.5. The Morgan fingerprint density at radius 3 is 2.95 bits per heavy atom. The van der Waals surface area contributed by atoms with Gasteiger partial charge in [0, 0.05) is 24.3 Å². The molecule has 0 aliphatic carbocycles. The van der Waals surface area contributed by atoms with E-state index in [4.69, 9.17) is 5.73 Å². The third-order valence-corrected chi connectivity index (χ3v) is 3.80. The molecule has 1 aromatic carbocycles. The zero-order valence-electron chi connectivity index (χ0n) is 11.1. The molecule has 2 N–H and O–H groups in total. The molecular weight excluding hydrogens is 241 g/mol. The molecule has 1 aliphatic heterocycles. The lowest BCUT2D eigenvalue weighted by atomic mass is 9.97. The van der Waals surface area contributed by atoms with Gasteiger partial charge in [-0.2, -0.15) is 5.10 Å². The highest BCUT2D eigenvalue weighted by Crippen LogP contribution is 2.32. The standard InChI is InChI=1S/C15H18FN3/c1-10-8-11(5-6-12(10)16)15-13(9-17)18-19-7-3-2-4-14(15)19/h5-6,8H,2-4,7,9,17H2,1H3. The van der Waals surface area contributed by atoms with Crippen LogP contribution in [0.1, 0.15) is 29.8 Å². The van der Waals surface area contributed by atoms with E-state index in [0.717, 1.165) is 29.8 Å². The first-order chi connectivity index (χ1) is 9.20. The number of nitrogens with two attached hydrogens (primary N) is 1. The van der Waals surface area contributed by atoms with Gasteiger partial charge in [0.2, 0.25) is 0 Å². The number of rotatable bonds is 2. The molecule has 0 saturated carbocycles. The van der Waals surface area contributed by atoms with Crippen molar-refractivity contribution in [2.45, 2.75) is 39.3 Å². The van der Waals surface area contributed by atoms with Gasteiger partial charge in [-0.05, 0) is 49.4 Å². The fraction of sp³-hybridized carbons (Fsp3) is 0.400. The lowest BCUT2D eigenvalue weighted by Gasteiger charge is -2.15. The zero-order chi connectivity index (χ0) is 13.4. The molecule has 2 heterocycles. The van der Waals surface area contributed by atoms with Gasteiger partial charge in [-0.3, -0.25) is 4.68 Å². The van der Waals surface area contributed by atoms with Crippen LogP contribution in [0.15, 0.2) is 18.2 Å². The minimum atomic E-state index is -0.168. The fourth-order valence-electron chi connectivity index (χ4n) is 2.82. The van der Waals surface area contributed by atoms with Gasteiger partial charge in [0.05, 0.1) is 5.69 Å². The van der Waals surface area contributed by atoms with E-state index in [1.54, 1.807) is 6.92 Å². The first-order valence-electron chi connectivity index (χ1n) is 6.76. The largest absolute Gasteiger partial charge is 0.325 e. The topological polar surface area (TPSA) is 43.8 Å². The summed E-state index contributed by atoms with van der Waals surface area (Å²) in [7, 11) is 0. The summed E-state index contributed by atoms with van der Waals surface area (Å²) in [5, 5.41) is 4.60. The average Bonchev–Trinajstić information content (AvgIpc) is 2.80. The van der Waals surface area contributed by atoms with E-state index in [9.17, 15) is 4.39 Å². The number of nitrogens with zero attached hydrogens (tertiary/aromatic N) is 2. The zero-order valence-corrected chi connectivity index (χ0v) is 11.1. The molecule has 2 aromatic rings. The predicted octanol–water partition coefficient (Wildman–Crippen LogP) is 2.79. The molecule has 4 heteroatoms. The van der Waals surface area contributed by atoms with Crippen molar-refractivity contribution in [1.29, 1.82) is 0 Å². The number of aryl methyl sites for hydroxylation is 2. The molecule has 100 valence electrons. The van der Waals surface area contributed by atoms with Gasteiger partial charge < -0.3 is 5.73 Å². The van der Waals surface area contributed by atoms with E-state index in [2.05, 4.69) is 9.78 Å². The highest BCUT2D eigenvalue weighted by Gasteiger charge is 2.20. The molecular formula is C15H18FN3. The van der Waals surface area contributed by atoms with Crippen LogP contribution in [0.2, 0.25) is 0 Å². The molecule has 3 rings (SSSR count). The van der Waals surface area contributed by atoms with Gasteiger partial charge >= 0.3 is 0 Å². The van der Waals surface area contributed by atoms with Crippen LogP contribution < -0.4 is 5.73 Å². The summed E-state index contributed by atoms with van der Waals surface area (Å²) < 4.78 is 15.5. The highest BCUT2D eigenvalue weighted by atomic mass is 19.1. The van der Waals surface area contributed by atoms with Crippen LogP contribution in [0.5, 0.6) is 0 Å². The van der Waals surface area contributed by atoms with Crippen molar-refractivity contribution in [3.8, 4) is 11.1 Å². The maximum absolute atomic E-state index is 13.4. The molecule has 0 unspecified atom stereocenters. The lowest BCUT2D eigenvalue weighted by Crippen LogP contribution is -2.11. The Bertz CT molecular complexity index is 616. The number of fused-ring (bicyclic) bond motifs is 1. The number of hydrogen-bond acceptors (Lipinski definition) is 2. The smallest absolute Gasteiger partial charge is 0.126 e. The quantitative estimate of drug-likeness (QED) is 0.901. The summed E-state index contributed by atoms with van der Waals surface area (Å²) in [4.78, 5) is 0. The van der Waals surface area contributed by atoms with E-state index in [1.165, 1.54) is 24.6 Å². The van der Waals surface area contributed by atoms with Crippen molar-refractivity contribution in [3.63, 3.8) is 0 Å². The summed E-state index contributed by atoms with van der Waals surface area (Å²) in [6.45, 7) is 3.17. The second-order valence-electron chi connectivity index (χ2n) is 5.12. The van der Waals surface area contributed by atoms with Gasteiger partial charge in [0.15, 0.2) is 0 Å². The first-order valence-corrected chi connectivity index (χ1v) is 6.76. The number of benzene rings is 1. The first kappa shape index (κ1) is 12.4. The Labute approximate surface area is 112 Å². The average molecular weight is 259 g/mol. The van der Waals surface area contributed by atoms with Crippen molar-refractivity contribution in [1.82, 2.24) is 9.78 Å². The summed E-state index contributed by atoms with van der Waals surface area (Å²) >= 11 is 0. The molecule has 3 nitrogen and oxygen atoms in total. The van der Waals surface area contributed by atoms with Crippen molar-refractivity contribution in [3.05, 3.63) is 41.0 Å². The molecule has 0 fully saturated rings. The SMILES string of the molecule is Cc1cc(-c2c(CN)nn3c2CCCC3)ccc1F. The van der Waals surface area contributed by atoms with E-state index in [0.29, 0.717) is 12.1 Å². The number of halogens is 1. The van der Waals surface area contributed by atoms with Crippen LogP contribution in [0.4, 0.5) is 4.39 Å². The Morgan fingerprint density at radius 1 is 1.37 bits per heavy atom. The van der Waals surface area contributed by atoms with Crippen LogP contribution in [-0.4, -0.2) is 9.78 Å². The van der Waals surface area contributed by atoms with E-state index in [1.807, 2.05) is 12.1 Å². The third-order valence-electron chi connectivity index (χ3n) is 3.80. The number of hydrogen-bond donors (Lipinski definition) is 1. The monoisotopic (exact) mass is 259 g/mol. The molecule has 0 radical (unpaired) electrons. The van der Waals surface area contributed by atoms with Crippen LogP contribution in [-0.2, 0) is 19.5 Å². The number of aromatic nitrogens is 2. The lowest BCUT2D eigenvalue weighted by molar-refractivity contribution is 0.484. The van der Waals surface area contributed by atoms with Crippen LogP contribution in [0, 0.1) is 12.7 Å². The van der Waals surface area contributed by atoms with E-state index in [-0.39, 0.29) is 5.82 Å². The van der Waals surface area contributed by atoms with Crippen LogP contribution >= 0.6 is 0 Å². The molecule has 0 atom stereocenters. The summed E-state index contributed by atoms with van der Waals surface area (Å²) in [5.41, 5.74) is 10.8. The van der Waals surface area contributed by atoms with Gasteiger partial charge in [0.1, 0.15) is 5.82 Å². The van der Waals surface area contributed by atoms with Gasteiger partial charge in [-0.1, -0.05) is 6.07 Å². The molecule has 0 bridgehead atoms. The third kappa shape index (κ3) is 2.06. The van der Waals surface area contributed by atoms with Gasteiger partial charge in [0.25, 0.3) is 0 Å². The molecule has 0 spiro atoms. The Morgan fingerprint density at radius 2 is 2.21 bits per heavy atom. The second kappa shape index (κ2) is 4.78. The Kier molecular flexibility index (Phi) is 3.11. The fourth-order valence-corrected chi connectivity index (χ4v) is 2.82. The minimum Gasteiger partial charge on any atom is -0.325 e. The molecule has 19 heavy (non-hydrogen) atoms. The Balaban J connectivity index is 2.17. The molecule has 1 aliphatic rings. The van der Waals surface area contributed by atoms with Crippen LogP contribution in [0.3, 0.4) is 0 Å². The minimum absolute atomic E-state index is 0.168. The van der Waals surface area contributed by atoms with Gasteiger partial charge in [-0.15, -0.1) is 0 Å². The van der Waals surface area contributed by atoms with Gasteiger partial charge in [-0.25, -0.2) is 4.39 Å². The summed E-state index contributed by atoms with van der Waals surface area (Å²) in [6, 6.07) is 5.24. The van der Waals surface area contributed by atoms with Crippen molar-refractivity contribution in [2.24, 2.45) is 5.73 Å². The van der Waals surface area contributed by atoms with Crippen molar-refractivity contribution < 1.29 is 4.39 Å². The summed E-state index contributed by atoms with van der Waals surface area (Å²) in [6.07, 6.45) is 3.38. The highest BCUT2D eigenvalue weighted by molar-refractivity contribution is 5.69. The summed E-state index contributed by atoms with van der Waals surface area (Å²) in [5.74, 6) is -0.168. The predicted molar refractivity (Wildman–Crippen MR) is 73.2 cm³/mol. The Hall–Kier alpha value is -1.68. The second-order valence-corrected chi connectivity index (χ2v) is 5.12. The molecule has 0 amide bonds.